The van der Waals surface area contributed by atoms with E-state index in [1.807, 2.05) is 24.3 Å². The van der Waals surface area contributed by atoms with Crippen LogP contribution in [0.5, 0.6) is 0 Å². The summed E-state index contributed by atoms with van der Waals surface area (Å²) in [5, 5.41) is 15.6. The van der Waals surface area contributed by atoms with Crippen LogP contribution in [0.4, 0.5) is 11.4 Å². The molecule has 0 aromatic heterocycles. The Morgan fingerprint density at radius 2 is 1.80 bits per heavy atom. The van der Waals surface area contributed by atoms with E-state index in [2.05, 4.69) is 24.5 Å². The molecule has 4 nitrogen and oxygen atoms in total. The number of hydrogen-bond acceptors (Lipinski definition) is 3. The van der Waals surface area contributed by atoms with Crippen LogP contribution in [0.2, 0.25) is 5.02 Å². The first-order valence-corrected chi connectivity index (χ1v) is 8.51. The second-order valence-corrected chi connectivity index (χ2v) is 5.87. The molecule has 0 heterocycles. The van der Waals surface area contributed by atoms with Crippen LogP contribution in [0.25, 0.3) is 0 Å². The largest absolute Gasteiger partial charge is 0.360 e. The van der Waals surface area contributed by atoms with E-state index in [9.17, 15) is 10.1 Å². The van der Waals surface area contributed by atoms with Gasteiger partial charge in [-0.2, -0.15) is 5.26 Å². The first kappa shape index (κ1) is 18.6. The average molecular weight is 354 g/mol. The van der Waals surface area contributed by atoms with Gasteiger partial charge in [0.15, 0.2) is 0 Å². The fraction of sp³-hybridized carbons (Fsp3) is 0.200. The molecule has 0 spiro atoms. The quantitative estimate of drug-likeness (QED) is 0.572. The number of nitrogens with one attached hydrogen (secondary N) is 2. The van der Waals surface area contributed by atoms with E-state index < -0.39 is 5.91 Å². The lowest BCUT2D eigenvalue weighted by atomic mass is 10.0. The Bertz CT molecular complexity index is 815. The number of nitriles is 1. The van der Waals surface area contributed by atoms with E-state index in [-0.39, 0.29) is 5.57 Å². The minimum Gasteiger partial charge on any atom is -0.360 e. The molecular weight excluding hydrogens is 334 g/mol. The van der Waals surface area contributed by atoms with Gasteiger partial charge in [0.1, 0.15) is 11.6 Å². The van der Waals surface area contributed by atoms with E-state index in [0.29, 0.717) is 10.7 Å². The Morgan fingerprint density at radius 1 is 1.16 bits per heavy atom. The van der Waals surface area contributed by atoms with Gasteiger partial charge in [-0.3, -0.25) is 4.79 Å². The van der Waals surface area contributed by atoms with E-state index in [4.69, 9.17) is 11.6 Å². The van der Waals surface area contributed by atoms with Crippen molar-refractivity contribution in [3.8, 4) is 6.07 Å². The van der Waals surface area contributed by atoms with Crippen molar-refractivity contribution < 1.29 is 4.79 Å². The molecule has 0 atom stereocenters. The summed E-state index contributed by atoms with van der Waals surface area (Å²) in [6.07, 6.45) is 3.18. The number of para-hydroxylation sites is 1. The average Bonchev–Trinajstić information content (AvgIpc) is 2.62. The molecule has 0 aliphatic carbocycles. The number of benzene rings is 2. The number of hydrogen-bond donors (Lipinski definition) is 2. The monoisotopic (exact) mass is 353 g/mol. The zero-order valence-electron chi connectivity index (χ0n) is 14.3. The van der Waals surface area contributed by atoms with Crippen molar-refractivity contribution >= 4 is 28.9 Å². The van der Waals surface area contributed by atoms with Gasteiger partial charge in [-0.1, -0.05) is 49.7 Å². The molecule has 0 bridgehead atoms. The molecular formula is C20H20ClN3O. The Balaban J connectivity index is 2.21. The second-order valence-electron chi connectivity index (χ2n) is 5.44. The summed E-state index contributed by atoms with van der Waals surface area (Å²) >= 11 is 5.91. The number of halogens is 1. The van der Waals surface area contributed by atoms with E-state index in [1.54, 1.807) is 24.3 Å². The van der Waals surface area contributed by atoms with Crippen LogP contribution >= 0.6 is 11.6 Å². The topological polar surface area (TPSA) is 64.9 Å². The Hall–Kier alpha value is -2.77. The minimum atomic E-state index is -0.482. The number of amides is 1. The van der Waals surface area contributed by atoms with Gasteiger partial charge in [0.2, 0.25) is 0 Å². The Morgan fingerprint density at radius 3 is 2.36 bits per heavy atom. The molecule has 0 saturated heterocycles. The van der Waals surface area contributed by atoms with Crippen LogP contribution in [0.3, 0.4) is 0 Å². The lowest BCUT2D eigenvalue weighted by molar-refractivity contribution is -0.112. The molecule has 2 aromatic carbocycles. The molecule has 25 heavy (non-hydrogen) atoms. The zero-order valence-corrected chi connectivity index (χ0v) is 15.0. The van der Waals surface area contributed by atoms with Gasteiger partial charge in [0.25, 0.3) is 5.91 Å². The van der Waals surface area contributed by atoms with Gasteiger partial charge < -0.3 is 10.6 Å². The van der Waals surface area contributed by atoms with Crippen LogP contribution in [-0.4, -0.2) is 5.91 Å². The number of aryl methyl sites for hydroxylation is 2. The molecule has 0 saturated carbocycles. The predicted octanol–water partition coefficient (Wildman–Crippen LogP) is 4.92. The highest BCUT2D eigenvalue weighted by atomic mass is 35.5. The summed E-state index contributed by atoms with van der Waals surface area (Å²) in [5.74, 6) is -0.482. The smallest absolute Gasteiger partial charge is 0.267 e. The van der Waals surface area contributed by atoms with Crippen LogP contribution in [0.1, 0.15) is 25.0 Å². The highest BCUT2D eigenvalue weighted by Gasteiger charge is 2.11. The maximum atomic E-state index is 12.3. The maximum absolute atomic E-state index is 12.3. The highest BCUT2D eigenvalue weighted by Crippen LogP contribution is 2.23. The fourth-order valence-corrected chi connectivity index (χ4v) is 2.68. The maximum Gasteiger partial charge on any atom is 0.267 e. The van der Waals surface area contributed by atoms with Gasteiger partial charge in [-0.25, -0.2) is 0 Å². The third-order valence-corrected chi connectivity index (χ3v) is 4.04. The Kier molecular flexibility index (Phi) is 6.62. The summed E-state index contributed by atoms with van der Waals surface area (Å²) in [4.78, 5) is 12.3. The third kappa shape index (κ3) is 4.85. The second kappa shape index (κ2) is 8.91. The number of carbonyl (C=O) groups is 1. The molecule has 0 aliphatic rings. The van der Waals surface area contributed by atoms with Crippen molar-refractivity contribution in [1.29, 1.82) is 5.26 Å². The van der Waals surface area contributed by atoms with Gasteiger partial charge in [0.05, 0.1) is 0 Å². The third-order valence-electron chi connectivity index (χ3n) is 3.81. The van der Waals surface area contributed by atoms with Crippen molar-refractivity contribution in [3.05, 3.63) is 70.4 Å². The predicted molar refractivity (Wildman–Crippen MR) is 103 cm³/mol. The highest BCUT2D eigenvalue weighted by molar-refractivity contribution is 6.31. The Labute approximate surface area is 153 Å². The molecule has 0 radical (unpaired) electrons. The first-order valence-electron chi connectivity index (χ1n) is 8.13. The normalized spacial score (nSPS) is 10.9. The van der Waals surface area contributed by atoms with E-state index in [1.165, 1.54) is 6.20 Å². The SMILES string of the molecule is CCc1cccc(CC)c1N/C=C(/C#N)C(=O)Nc1cccc(Cl)c1. The molecule has 0 unspecified atom stereocenters. The number of rotatable bonds is 6. The van der Waals surface area contributed by atoms with Gasteiger partial charge in [-0.05, 0) is 42.2 Å². The molecule has 2 aromatic rings. The molecule has 0 fully saturated rings. The molecule has 2 N–H and O–H groups in total. The van der Waals surface area contributed by atoms with Crippen LogP contribution in [0, 0.1) is 11.3 Å². The van der Waals surface area contributed by atoms with Crippen molar-refractivity contribution in [3.63, 3.8) is 0 Å². The summed E-state index contributed by atoms with van der Waals surface area (Å²) in [7, 11) is 0. The van der Waals surface area contributed by atoms with E-state index in [0.717, 1.165) is 29.7 Å². The van der Waals surface area contributed by atoms with Crippen molar-refractivity contribution in [1.82, 2.24) is 0 Å². The van der Waals surface area contributed by atoms with E-state index >= 15 is 0 Å². The van der Waals surface area contributed by atoms with Gasteiger partial charge in [0, 0.05) is 22.6 Å². The van der Waals surface area contributed by atoms with Crippen LogP contribution < -0.4 is 10.6 Å². The van der Waals surface area contributed by atoms with Crippen molar-refractivity contribution in [2.75, 3.05) is 10.6 Å². The van der Waals surface area contributed by atoms with Crippen molar-refractivity contribution in [2.24, 2.45) is 0 Å². The summed E-state index contributed by atoms with van der Waals surface area (Å²) in [6, 6.07) is 14.8. The number of carbonyl (C=O) groups excluding carboxylic acids is 1. The zero-order chi connectivity index (χ0) is 18.2. The number of anilines is 2. The molecule has 0 aliphatic heterocycles. The molecule has 5 heteroatoms. The fourth-order valence-electron chi connectivity index (χ4n) is 2.49. The molecule has 1 amide bonds. The lowest BCUT2D eigenvalue weighted by Crippen LogP contribution is -2.14. The van der Waals surface area contributed by atoms with Crippen LogP contribution in [0.15, 0.2) is 54.2 Å². The summed E-state index contributed by atoms with van der Waals surface area (Å²) in [5.41, 5.74) is 3.77. The standard InChI is InChI=1S/C20H20ClN3O/c1-3-14-7-5-8-15(4-2)19(14)23-13-16(12-22)20(25)24-18-10-6-9-17(21)11-18/h5-11,13,23H,3-4H2,1-2H3,(H,24,25)/b16-13-. The minimum absolute atomic E-state index is 0.00654. The summed E-state index contributed by atoms with van der Waals surface area (Å²) in [6.45, 7) is 4.14. The number of nitrogens with zero attached hydrogens (tertiary/aromatic N) is 1. The lowest BCUT2D eigenvalue weighted by Gasteiger charge is -2.13. The van der Waals surface area contributed by atoms with Gasteiger partial charge >= 0.3 is 0 Å². The molecule has 128 valence electrons. The van der Waals surface area contributed by atoms with Crippen LogP contribution in [-0.2, 0) is 17.6 Å². The summed E-state index contributed by atoms with van der Waals surface area (Å²) < 4.78 is 0. The first-order chi connectivity index (χ1) is 12.1. The van der Waals surface area contributed by atoms with Gasteiger partial charge in [-0.15, -0.1) is 0 Å². The molecule has 2 rings (SSSR count). The van der Waals surface area contributed by atoms with Crippen molar-refractivity contribution in [2.45, 2.75) is 26.7 Å².